The van der Waals surface area contributed by atoms with Gasteiger partial charge in [-0.2, -0.15) is 0 Å². The molecule has 2 aromatic carbocycles. The zero-order valence-corrected chi connectivity index (χ0v) is 19.6. The minimum Gasteiger partial charge on any atom is -0.444 e. The molecule has 0 radical (unpaired) electrons. The number of carbonyl (C=O) groups excluding carboxylic acids is 1. The fourth-order valence-electron chi connectivity index (χ4n) is 3.56. The van der Waals surface area contributed by atoms with E-state index >= 15 is 0 Å². The van der Waals surface area contributed by atoms with Crippen LogP contribution in [0, 0.1) is 6.92 Å². The smallest absolute Gasteiger partial charge is 0.425 e. The molecule has 1 aliphatic heterocycles. The SMILES string of the molecule is CCCCCC/C=C/[C@@H]1CN(C(=O)OCc2ccccc2)N1S(=O)(=O)c1ccc(C)cc1. The number of hydrazine groups is 1. The third kappa shape index (κ3) is 5.99. The van der Waals surface area contributed by atoms with Crippen LogP contribution in [0.3, 0.4) is 0 Å². The Hall–Kier alpha value is -2.64. The zero-order valence-electron chi connectivity index (χ0n) is 18.8. The van der Waals surface area contributed by atoms with Gasteiger partial charge in [0.1, 0.15) is 6.61 Å². The average Bonchev–Trinajstić information content (AvgIpc) is 2.76. The Kier molecular flexibility index (Phi) is 8.47. The maximum absolute atomic E-state index is 13.3. The second-order valence-corrected chi connectivity index (χ2v) is 9.85. The van der Waals surface area contributed by atoms with Crippen LogP contribution in [-0.2, 0) is 21.4 Å². The zero-order chi connectivity index (χ0) is 23.0. The quantitative estimate of drug-likeness (QED) is 0.352. The highest BCUT2D eigenvalue weighted by molar-refractivity contribution is 7.89. The number of carbonyl (C=O) groups is 1. The fourth-order valence-corrected chi connectivity index (χ4v) is 5.14. The molecule has 172 valence electrons. The maximum atomic E-state index is 13.3. The van der Waals surface area contributed by atoms with Gasteiger partial charge < -0.3 is 4.74 Å². The van der Waals surface area contributed by atoms with E-state index in [1.54, 1.807) is 24.3 Å². The van der Waals surface area contributed by atoms with E-state index < -0.39 is 22.2 Å². The molecule has 1 saturated heterocycles. The van der Waals surface area contributed by atoms with Crippen molar-refractivity contribution in [3.05, 3.63) is 77.9 Å². The van der Waals surface area contributed by atoms with Crippen LogP contribution in [0.4, 0.5) is 4.79 Å². The molecule has 0 spiro atoms. The number of allylic oxidation sites excluding steroid dienone is 1. The summed E-state index contributed by atoms with van der Waals surface area (Å²) < 4.78 is 33.2. The minimum atomic E-state index is -3.89. The van der Waals surface area contributed by atoms with Gasteiger partial charge in [0, 0.05) is 0 Å². The summed E-state index contributed by atoms with van der Waals surface area (Å²) in [5.74, 6) is 0. The second kappa shape index (κ2) is 11.3. The highest BCUT2D eigenvalue weighted by atomic mass is 32.2. The van der Waals surface area contributed by atoms with E-state index in [0.717, 1.165) is 34.8 Å². The van der Waals surface area contributed by atoms with Crippen molar-refractivity contribution in [1.82, 2.24) is 9.42 Å². The number of unbranched alkanes of at least 4 members (excludes halogenated alkanes) is 4. The van der Waals surface area contributed by atoms with Crippen LogP contribution in [-0.4, -0.2) is 36.5 Å². The Bertz CT molecular complexity index is 1000. The van der Waals surface area contributed by atoms with E-state index in [2.05, 4.69) is 6.92 Å². The lowest BCUT2D eigenvalue weighted by Crippen LogP contribution is -2.67. The molecule has 0 saturated carbocycles. The van der Waals surface area contributed by atoms with Gasteiger partial charge in [0.15, 0.2) is 0 Å². The highest BCUT2D eigenvalue weighted by Crippen LogP contribution is 2.30. The third-order valence-corrected chi connectivity index (χ3v) is 7.27. The highest BCUT2D eigenvalue weighted by Gasteiger charge is 2.47. The Labute approximate surface area is 191 Å². The molecule has 1 amide bonds. The third-order valence-electron chi connectivity index (χ3n) is 5.45. The van der Waals surface area contributed by atoms with E-state index in [-0.39, 0.29) is 18.0 Å². The standard InChI is InChI=1S/C25H32N2O4S/c1-3-4-5-6-7-11-14-23-19-26(25(28)31-20-22-12-9-8-10-13-22)27(23)32(29,30)24-17-15-21(2)16-18-24/h8-18,23H,3-7,19-20H2,1-2H3/b14-11+/t23-/m1/s1. The monoisotopic (exact) mass is 456 g/mol. The molecule has 7 heteroatoms. The normalized spacial score (nSPS) is 16.8. The Morgan fingerprint density at radius 3 is 2.47 bits per heavy atom. The molecule has 0 aliphatic carbocycles. The molecule has 1 heterocycles. The van der Waals surface area contributed by atoms with Crippen molar-refractivity contribution in [2.45, 2.75) is 63.5 Å². The number of sulfonamides is 1. The Morgan fingerprint density at radius 2 is 1.78 bits per heavy atom. The van der Waals surface area contributed by atoms with Crippen molar-refractivity contribution in [3.63, 3.8) is 0 Å². The number of nitrogens with zero attached hydrogens (tertiary/aromatic N) is 2. The molecule has 6 nitrogen and oxygen atoms in total. The molecule has 32 heavy (non-hydrogen) atoms. The maximum Gasteiger partial charge on any atom is 0.425 e. The van der Waals surface area contributed by atoms with Gasteiger partial charge >= 0.3 is 6.09 Å². The van der Waals surface area contributed by atoms with Crippen LogP contribution in [0.25, 0.3) is 0 Å². The van der Waals surface area contributed by atoms with E-state index in [4.69, 9.17) is 4.74 Å². The lowest BCUT2D eigenvalue weighted by molar-refractivity contribution is -0.0566. The van der Waals surface area contributed by atoms with Gasteiger partial charge in [-0.1, -0.05) is 90.8 Å². The summed E-state index contributed by atoms with van der Waals surface area (Å²) in [5.41, 5.74) is 1.81. The van der Waals surface area contributed by atoms with Crippen LogP contribution in [0.1, 0.15) is 50.2 Å². The predicted octanol–water partition coefficient (Wildman–Crippen LogP) is 5.45. The summed E-state index contributed by atoms with van der Waals surface area (Å²) in [6, 6.07) is 15.6. The van der Waals surface area contributed by atoms with E-state index in [1.165, 1.54) is 17.9 Å². The minimum absolute atomic E-state index is 0.0898. The van der Waals surface area contributed by atoms with Gasteiger partial charge in [0.25, 0.3) is 10.0 Å². The van der Waals surface area contributed by atoms with Crippen molar-refractivity contribution in [3.8, 4) is 0 Å². The van der Waals surface area contributed by atoms with E-state index in [1.807, 2.05) is 49.4 Å². The van der Waals surface area contributed by atoms with Gasteiger partial charge in [-0.3, -0.25) is 0 Å². The molecule has 3 rings (SSSR count). The Balaban J connectivity index is 1.72. The molecule has 0 bridgehead atoms. The van der Waals surface area contributed by atoms with Crippen LogP contribution < -0.4 is 0 Å². The second-order valence-electron chi connectivity index (χ2n) is 8.06. The van der Waals surface area contributed by atoms with Gasteiger partial charge in [-0.15, -0.1) is 0 Å². The molecule has 1 aliphatic rings. The van der Waals surface area contributed by atoms with E-state index in [0.29, 0.717) is 0 Å². The van der Waals surface area contributed by atoms with Crippen LogP contribution in [0.2, 0.25) is 0 Å². The van der Waals surface area contributed by atoms with Crippen molar-refractivity contribution in [2.75, 3.05) is 6.54 Å². The van der Waals surface area contributed by atoms with Crippen molar-refractivity contribution in [1.29, 1.82) is 0 Å². The van der Waals surface area contributed by atoms with Crippen LogP contribution in [0.15, 0.2) is 71.6 Å². The number of benzene rings is 2. The van der Waals surface area contributed by atoms with Crippen molar-refractivity contribution >= 4 is 16.1 Å². The van der Waals surface area contributed by atoms with Crippen LogP contribution in [0.5, 0.6) is 0 Å². The topological polar surface area (TPSA) is 66.9 Å². The lowest BCUT2D eigenvalue weighted by Gasteiger charge is -2.47. The largest absolute Gasteiger partial charge is 0.444 e. The van der Waals surface area contributed by atoms with Gasteiger partial charge in [-0.25, -0.2) is 18.2 Å². The van der Waals surface area contributed by atoms with Gasteiger partial charge in [-0.05, 0) is 37.5 Å². The summed E-state index contributed by atoms with van der Waals surface area (Å²) in [4.78, 5) is 12.9. The molecular formula is C25H32N2O4S. The van der Waals surface area contributed by atoms with E-state index in [9.17, 15) is 13.2 Å². The number of amides is 1. The first-order chi connectivity index (χ1) is 15.4. The summed E-state index contributed by atoms with van der Waals surface area (Å²) in [6.45, 7) is 4.43. The first kappa shape index (κ1) is 24.0. The number of hydrogen-bond acceptors (Lipinski definition) is 4. The van der Waals surface area contributed by atoms with Gasteiger partial charge in [0.05, 0.1) is 17.5 Å². The predicted molar refractivity (Wildman–Crippen MR) is 125 cm³/mol. The Morgan fingerprint density at radius 1 is 1.06 bits per heavy atom. The first-order valence-corrected chi connectivity index (χ1v) is 12.6. The van der Waals surface area contributed by atoms with Gasteiger partial charge in [0.2, 0.25) is 0 Å². The average molecular weight is 457 g/mol. The fraction of sp³-hybridized carbons (Fsp3) is 0.400. The van der Waals surface area contributed by atoms with Crippen molar-refractivity contribution in [2.24, 2.45) is 0 Å². The molecule has 0 N–H and O–H groups in total. The summed E-state index contributed by atoms with van der Waals surface area (Å²) in [6.07, 6.45) is 8.74. The molecule has 0 unspecified atom stereocenters. The molecule has 0 aromatic heterocycles. The summed E-state index contributed by atoms with van der Waals surface area (Å²) in [5, 5.41) is 1.17. The van der Waals surface area contributed by atoms with Crippen molar-refractivity contribution < 1.29 is 17.9 Å². The lowest BCUT2D eigenvalue weighted by atomic mass is 10.1. The number of ether oxygens (including phenoxy) is 1. The molecular weight excluding hydrogens is 424 g/mol. The van der Waals surface area contributed by atoms with Crippen LogP contribution >= 0.6 is 0 Å². The molecule has 1 fully saturated rings. The number of aryl methyl sites for hydroxylation is 1. The molecule has 2 aromatic rings. The number of rotatable bonds is 10. The first-order valence-electron chi connectivity index (χ1n) is 11.2. The summed E-state index contributed by atoms with van der Waals surface area (Å²) >= 11 is 0. The summed E-state index contributed by atoms with van der Waals surface area (Å²) in [7, 11) is -3.89. The number of hydrogen-bond donors (Lipinski definition) is 0. The molecule has 1 atom stereocenters.